The largest absolute Gasteiger partial charge is 0.496 e. The average Bonchev–Trinajstić information content (AvgIpc) is 2.36. The lowest BCUT2D eigenvalue weighted by atomic mass is 9.93. The first-order chi connectivity index (χ1) is 8.22. The number of nitrogens with two attached hydrogens (primary N) is 1. The summed E-state index contributed by atoms with van der Waals surface area (Å²) < 4.78 is 5.37. The molecule has 0 aliphatic heterocycles. The van der Waals surface area contributed by atoms with Crippen LogP contribution in [0.25, 0.3) is 0 Å². The second kappa shape index (κ2) is 7.30. The van der Waals surface area contributed by atoms with Gasteiger partial charge < -0.3 is 4.74 Å². The molecule has 0 aliphatic rings. The van der Waals surface area contributed by atoms with E-state index in [-0.39, 0.29) is 6.04 Å². The summed E-state index contributed by atoms with van der Waals surface area (Å²) in [5, 5.41) is 0. The Balaban J connectivity index is 2.78. The molecular weight excluding hydrogens is 212 g/mol. The molecule has 0 saturated heterocycles. The molecule has 96 valence electrons. The van der Waals surface area contributed by atoms with Gasteiger partial charge in [0.15, 0.2) is 0 Å². The van der Waals surface area contributed by atoms with Crippen molar-refractivity contribution in [1.82, 2.24) is 5.43 Å². The van der Waals surface area contributed by atoms with Crippen LogP contribution in [0.15, 0.2) is 24.3 Å². The predicted molar refractivity (Wildman–Crippen MR) is 71.7 cm³/mol. The van der Waals surface area contributed by atoms with Gasteiger partial charge in [-0.25, -0.2) is 0 Å². The molecule has 0 heterocycles. The smallest absolute Gasteiger partial charge is 0.123 e. The molecular formula is C14H24N2O. The number of hydrogen-bond donors (Lipinski definition) is 2. The highest BCUT2D eigenvalue weighted by molar-refractivity contribution is 5.35. The molecule has 0 aliphatic carbocycles. The second-order valence-corrected chi connectivity index (χ2v) is 4.59. The van der Waals surface area contributed by atoms with Crippen molar-refractivity contribution in [2.75, 3.05) is 7.11 Å². The van der Waals surface area contributed by atoms with Crippen LogP contribution in [0.3, 0.4) is 0 Å². The molecule has 3 N–H and O–H groups in total. The van der Waals surface area contributed by atoms with Crippen molar-refractivity contribution in [3.63, 3.8) is 0 Å². The predicted octanol–water partition coefficient (Wildman–Crippen LogP) is 3.03. The van der Waals surface area contributed by atoms with Gasteiger partial charge in [-0.3, -0.25) is 11.3 Å². The lowest BCUT2D eigenvalue weighted by Gasteiger charge is -2.22. The molecule has 17 heavy (non-hydrogen) atoms. The summed E-state index contributed by atoms with van der Waals surface area (Å²) in [4.78, 5) is 0. The number of hydrazine groups is 1. The molecule has 0 spiro atoms. The summed E-state index contributed by atoms with van der Waals surface area (Å²) in [6.45, 7) is 4.48. The van der Waals surface area contributed by atoms with Gasteiger partial charge >= 0.3 is 0 Å². The first-order valence-corrected chi connectivity index (χ1v) is 6.31. The van der Waals surface area contributed by atoms with Crippen molar-refractivity contribution >= 4 is 0 Å². The molecule has 0 aromatic heterocycles. The van der Waals surface area contributed by atoms with E-state index in [1.54, 1.807) is 7.11 Å². The van der Waals surface area contributed by atoms with E-state index in [4.69, 9.17) is 10.6 Å². The van der Waals surface area contributed by atoms with Crippen LogP contribution in [0.2, 0.25) is 0 Å². The van der Waals surface area contributed by atoms with Gasteiger partial charge in [0.1, 0.15) is 5.75 Å². The van der Waals surface area contributed by atoms with Crippen LogP contribution >= 0.6 is 0 Å². The van der Waals surface area contributed by atoms with E-state index in [1.807, 2.05) is 18.2 Å². The number of hydrogen-bond acceptors (Lipinski definition) is 3. The summed E-state index contributed by atoms with van der Waals surface area (Å²) >= 11 is 0. The maximum Gasteiger partial charge on any atom is 0.123 e. The van der Waals surface area contributed by atoms with Crippen LogP contribution in [-0.2, 0) is 0 Å². The third-order valence-electron chi connectivity index (χ3n) is 3.14. The fourth-order valence-electron chi connectivity index (χ4n) is 2.25. The summed E-state index contributed by atoms with van der Waals surface area (Å²) in [5.41, 5.74) is 4.04. The van der Waals surface area contributed by atoms with Gasteiger partial charge in [-0.1, -0.05) is 44.9 Å². The van der Waals surface area contributed by atoms with Crippen molar-refractivity contribution in [3.05, 3.63) is 29.8 Å². The zero-order valence-electron chi connectivity index (χ0n) is 11.1. The summed E-state index contributed by atoms with van der Waals surface area (Å²) in [6, 6.07) is 8.21. The standard InChI is InChI=1S/C14H24N2O/c1-4-7-11(2)10-13(16-15)12-8-5-6-9-14(12)17-3/h5-6,8-9,11,13,16H,4,7,10,15H2,1-3H3. The molecule has 0 amide bonds. The number of nitrogens with one attached hydrogen (secondary N) is 1. The Kier molecular flexibility index (Phi) is 6.01. The van der Waals surface area contributed by atoms with E-state index in [0.29, 0.717) is 5.92 Å². The molecule has 1 rings (SSSR count). The van der Waals surface area contributed by atoms with E-state index < -0.39 is 0 Å². The Hall–Kier alpha value is -1.06. The van der Waals surface area contributed by atoms with E-state index in [2.05, 4.69) is 25.3 Å². The first kappa shape index (κ1) is 14.0. The van der Waals surface area contributed by atoms with Crippen LogP contribution in [0, 0.1) is 5.92 Å². The number of rotatable bonds is 7. The zero-order chi connectivity index (χ0) is 12.7. The van der Waals surface area contributed by atoms with Gasteiger partial charge in [0.05, 0.1) is 7.11 Å². The normalized spacial score (nSPS) is 14.4. The molecule has 2 unspecified atom stereocenters. The molecule has 0 fully saturated rings. The highest BCUT2D eigenvalue weighted by atomic mass is 16.5. The number of para-hydroxylation sites is 1. The summed E-state index contributed by atoms with van der Waals surface area (Å²) in [7, 11) is 1.70. The molecule has 1 aromatic carbocycles. The first-order valence-electron chi connectivity index (χ1n) is 6.31. The Morgan fingerprint density at radius 2 is 2.06 bits per heavy atom. The number of benzene rings is 1. The fraction of sp³-hybridized carbons (Fsp3) is 0.571. The van der Waals surface area contributed by atoms with Crippen LogP contribution in [0.1, 0.15) is 44.7 Å². The van der Waals surface area contributed by atoms with E-state index in [9.17, 15) is 0 Å². The van der Waals surface area contributed by atoms with Gasteiger partial charge in [-0.05, 0) is 18.4 Å². The van der Waals surface area contributed by atoms with E-state index in [1.165, 1.54) is 12.8 Å². The van der Waals surface area contributed by atoms with Gasteiger partial charge in [0, 0.05) is 11.6 Å². The number of ether oxygens (including phenoxy) is 1. The van der Waals surface area contributed by atoms with Crippen molar-refractivity contribution in [2.45, 2.75) is 39.2 Å². The van der Waals surface area contributed by atoms with Crippen molar-refractivity contribution in [3.8, 4) is 5.75 Å². The zero-order valence-corrected chi connectivity index (χ0v) is 11.1. The molecule has 3 heteroatoms. The Morgan fingerprint density at radius 3 is 2.65 bits per heavy atom. The van der Waals surface area contributed by atoms with Gasteiger partial charge in [-0.15, -0.1) is 0 Å². The van der Waals surface area contributed by atoms with Gasteiger partial charge in [0.25, 0.3) is 0 Å². The minimum absolute atomic E-state index is 0.160. The van der Waals surface area contributed by atoms with Crippen LogP contribution in [0.4, 0.5) is 0 Å². The van der Waals surface area contributed by atoms with Gasteiger partial charge in [0.2, 0.25) is 0 Å². The second-order valence-electron chi connectivity index (χ2n) is 4.59. The SMILES string of the molecule is CCCC(C)CC(NN)c1ccccc1OC. The molecule has 0 bridgehead atoms. The Bertz CT molecular complexity index is 328. The quantitative estimate of drug-likeness (QED) is 0.565. The van der Waals surface area contributed by atoms with Crippen molar-refractivity contribution in [2.24, 2.45) is 11.8 Å². The van der Waals surface area contributed by atoms with E-state index >= 15 is 0 Å². The maximum absolute atomic E-state index is 5.67. The minimum atomic E-state index is 0.160. The molecule has 1 aromatic rings. The fourth-order valence-corrected chi connectivity index (χ4v) is 2.25. The highest BCUT2D eigenvalue weighted by Crippen LogP contribution is 2.29. The molecule has 3 nitrogen and oxygen atoms in total. The molecule has 2 atom stereocenters. The summed E-state index contributed by atoms with van der Waals surface area (Å²) in [6.07, 6.45) is 3.47. The van der Waals surface area contributed by atoms with Gasteiger partial charge in [-0.2, -0.15) is 0 Å². The third-order valence-corrected chi connectivity index (χ3v) is 3.14. The highest BCUT2D eigenvalue weighted by Gasteiger charge is 2.16. The third kappa shape index (κ3) is 4.02. The topological polar surface area (TPSA) is 47.3 Å². The number of methoxy groups -OCH3 is 1. The van der Waals surface area contributed by atoms with Crippen LogP contribution < -0.4 is 16.0 Å². The minimum Gasteiger partial charge on any atom is -0.496 e. The molecule has 0 saturated carbocycles. The lowest BCUT2D eigenvalue weighted by molar-refractivity contribution is 0.367. The van der Waals surface area contributed by atoms with E-state index in [0.717, 1.165) is 17.7 Å². The lowest BCUT2D eigenvalue weighted by Crippen LogP contribution is -2.29. The molecule has 0 radical (unpaired) electrons. The Morgan fingerprint density at radius 1 is 1.35 bits per heavy atom. The van der Waals surface area contributed by atoms with Crippen molar-refractivity contribution in [1.29, 1.82) is 0 Å². The van der Waals surface area contributed by atoms with Crippen LogP contribution in [-0.4, -0.2) is 7.11 Å². The van der Waals surface area contributed by atoms with Crippen LogP contribution in [0.5, 0.6) is 5.75 Å². The summed E-state index contributed by atoms with van der Waals surface area (Å²) in [5.74, 6) is 7.23. The van der Waals surface area contributed by atoms with Crippen molar-refractivity contribution < 1.29 is 4.74 Å². The average molecular weight is 236 g/mol. The Labute approximate surface area is 104 Å². The maximum atomic E-state index is 5.67. The monoisotopic (exact) mass is 236 g/mol.